The van der Waals surface area contributed by atoms with Crippen LogP contribution < -0.4 is 9.47 Å². The summed E-state index contributed by atoms with van der Waals surface area (Å²) in [5.41, 5.74) is 5.32. The van der Waals surface area contributed by atoms with Crippen molar-refractivity contribution in [3.63, 3.8) is 0 Å². The van der Waals surface area contributed by atoms with Gasteiger partial charge in [0.2, 0.25) is 5.88 Å². The lowest BCUT2D eigenvalue weighted by molar-refractivity contribution is -0.141. The van der Waals surface area contributed by atoms with Crippen LogP contribution in [0.1, 0.15) is 67.4 Å². The quantitative estimate of drug-likeness (QED) is 0.373. The molecule has 3 heterocycles. The number of aliphatic carboxylic acids is 1. The van der Waals surface area contributed by atoms with Crippen LogP contribution in [0.3, 0.4) is 0 Å². The molecule has 0 saturated carbocycles. The highest BCUT2D eigenvalue weighted by molar-refractivity contribution is 5.71. The van der Waals surface area contributed by atoms with Gasteiger partial charge in [0.05, 0.1) is 13.0 Å². The first kappa shape index (κ1) is 26.2. The normalized spacial score (nSPS) is 18.9. The average molecular weight is 519 g/mol. The summed E-state index contributed by atoms with van der Waals surface area (Å²) in [5, 5.41) is 9.45. The van der Waals surface area contributed by atoms with Crippen LogP contribution in [0.4, 0.5) is 4.39 Å². The van der Waals surface area contributed by atoms with Crippen molar-refractivity contribution in [1.82, 2.24) is 9.88 Å². The smallest absolute Gasteiger partial charge is 0.306 e. The van der Waals surface area contributed by atoms with E-state index in [4.69, 9.17) is 9.47 Å². The van der Waals surface area contributed by atoms with E-state index in [1.165, 1.54) is 12.8 Å². The number of aryl methyl sites for hydroxylation is 1. The molecule has 38 heavy (non-hydrogen) atoms. The monoisotopic (exact) mass is 518 g/mol. The molecule has 0 spiro atoms. The van der Waals surface area contributed by atoms with Crippen molar-refractivity contribution in [2.45, 2.75) is 58.1 Å². The molecule has 0 aliphatic carbocycles. The number of pyridine rings is 1. The van der Waals surface area contributed by atoms with Crippen molar-refractivity contribution in [2.24, 2.45) is 5.92 Å². The lowest BCUT2D eigenvalue weighted by Crippen LogP contribution is -2.21. The Labute approximate surface area is 223 Å². The zero-order valence-corrected chi connectivity index (χ0v) is 22.2. The van der Waals surface area contributed by atoms with Crippen molar-refractivity contribution in [2.75, 3.05) is 20.2 Å². The van der Waals surface area contributed by atoms with Crippen molar-refractivity contribution in [1.29, 1.82) is 0 Å². The second kappa shape index (κ2) is 11.1. The number of nitrogens with zero attached hydrogens (tertiary/aromatic N) is 2. The van der Waals surface area contributed by atoms with E-state index in [-0.39, 0.29) is 11.7 Å². The van der Waals surface area contributed by atoms with Crippen LogP contribution in [0, 0.1) is 11.7 Å². The maximum Gasteiger partial charge on any atom is 0.306 e. The number of ether oxygens (including phenoxy) is 2. The minimum Gasteiger partial charge on any atom is -0.485 e. The third kappa shape index (κ3) is 5.39. The molecule has 7 heteroatoms. The third-order valence-electron chi connectivity index (χ3n) is 8.12. The summed E-state index contributed by atoms with van der Waals surface area (Å²) >= 11 is 0. The number of fused-ring (bicyclic) bond motifs is 1. The molecule has 0 amide bonds. The van der Waals surface area contributed by atoms with E-state index in [1.807, 2.05) is 43.3 Å². The summed E-state index contributed by atoms with van der Waals surface area (Å²) in [6.45, 7) is 6.44. The second-order valence-electron chi connectivity index (χ2n) is 10.5. The van der Waals surface area contributed by atoms with Crippen LogP contribution in [0.5, 0.6) is 11.6 Å². The highest BCUT2D eigenvalue weighted by Crippen LogP contribution is 2.40. The van der Waals surface area contributed by atoms with Crippen molar-refractivity contribution in [3.8, 4) is 22.8 Å². The number of aromatic nitrogens is 1. The van der Waals surface area contributed by atoms with E-state index in [0.29, 0.717) is 23.6 Å². The molecule has 3 aromatic rings. The first-order chi connectivity index (χ1) is 18.3. The van der Waals surface area contributed by atoms with Crippen LogP contribution in [-0.2, 0) is 17.8 Å². The summed E-state index contributed by atoms with van der Waals surface area (Å²) in [6.07, 6.45) is 5.07. The zero-order chi connectivity index (χ0) is 26.8. The Morgan fingerprint density at radius 1 is 1.18 bits per heavy atom. The van der Waals surface area contributed by atoms with Gasteiger partial charge in [-0.15, -0.1) is 0 Å². The number of hydrogen-bond donors (Lipinski definition) is 1. The Morgan fingerprint density at radius 3 is 2.71 bits per heavy atom. The van der Waals surface area contributed by atoms with Gasteiger partial charge in [0, 0.05) is 24.4 Å². The molecule has 0 radical (unpaired) electrons. The van der Waals surface area contributed by atoms with E-state index >= 15 is 4.39 Å². The maximum absolute atomic E-state index is 15.8. The second-order valence-corrected chi connectivity index (χ2v) is 10.5. The molecule has 2 aliphatic rings. The summed E-state index contributed by atoms with van der Waals surface area (Å²) < 4.78 is 27.5. The number of carboxylic acid groups (broad SMARTS) is 1. The number of methoxy groups -OCH3 is 1. The van der Waals surface area contributed by atoms with Gasteiger partial charge in [-0.05, 0) is 96.8 Å². The van der Waals surface area contributed by atoms with Crippen molar-refractivity contribution >= 4 is 5.97 Å². The highest BCUT2D eigenvalue weighted by Gasteiger charge is 2.28. The summed E-state index contributed by atoms with van der Waals surface area (Å²) in [6, 6.07) is 13.3. The molecule has 6 nitrogen and oxygen atoms in total. The fourth-order valence-electron chi connectivity index (χ4n) is 5.54. The van der Waals surface area contributed by atoms with Gasteiger partial charge in [0.1, 0.15) is 17.7 Å². The number of carboxylic acids is 1. The molecule has 200 valence electrons. The van der Waals surface area contributed by atoms with Crippen molar-refractivity contribution in [3.05, 3.63) is 76.7 Å². The van der Waals surface area contributed by atoms with E-state index in [1.54, 1.807) is 26.3 Å². The predicted octanol–water partition coefficient (Wildman–Crippen LogP) is 6.38. The Balaban J connectivity index is 1.48. The van der Waals surface area contributed by atoms with Gasteiger partial charge >= 0.3 is 5.97 Å². The molecule has 0 bridgehead atoms. The summed E-state index contributed by atoms with van der Waals surface area (Å²) in [7, 11) is 1.58. The standard InChI is InChI=1S/C31H35FN2O4/c1-19(20(2)31(35)36)22-7-6-21-8-9-28(38-29(21)15-22)26-14-24(18-34-12-4-5-13-34)25(17-27(26)32)23-10-11-33-30(16-23)37-3/h6-7,10-11,14-17,19-20,28H,4-5,8-9,12-13,18H2,1-3H3,(H,35,36)/t19-,20+,28?/m1/s1. The first-order valence-corrected chi connectivity index (χ1v) is 13.4. The fourth-order valence-corrected chi connectivity index (χ4v) is 5.54. The minimum atomic E-state index is -0.825. The molecule has 1 fully saturated rings. The number of likely N-dealkylation sites (tertiary alicyclic amines) is 1. The molecule has 3 atom stereocenters. The Morgan fingerprint density at radius 2 is 1.97 bits per heavy atom. The van der Waals surface area contributed by atoms with E-state index in [2.05, 4.69) is 9.88 Å². The molecule has 1 aromatic heterocycles. The third-order valence-corrected chi connectivity index (χ3v) is 8.12. The fraction of sp³-hybridized carbons (Fsp3) is 0.419. The number of halogens is 1. The number of carbonyl (C=O) groups is 1. The molecule has 1 N–H and O–H groups in total. The van der Waals surface area contributed by atoms with Crippen LogP contribution in [0.15, 0.2) is 48.7 Å². The van der Waals surface area contributed by atoms with Gasteiger partial charge in [-0.1, -0.05) is 26.0 Å². The van der Waals surface area contributed by atoms with Gasteiger partial charge in [-0.2, -0.15) is 0 Å². The minimum absolute atomic E-state index is 0.165. The summed E-state index contributed by atoms with van der Waals surface area (Å²) in [5.74, 6) is -0.591. The van der Waals surface area contributed by atoms with Crippen LogP contribution in [-0.4, -0.2) is 41.2 Å². The van der Waals surface area contributed by atoms with Gasteiger partial charge < -0.3 is 14.6 Å². The van der Waals surface area contributed by atoms with E-state index in [0.717, 1.165) is 53.9 Å². The zero-order valence-electron chi connectivity index (χ0n) is 22.2. The average Bonchev–Trinajstić information content (AvgIpc) is 3.45. The first-order valence-electron chi connectivity index (χ1n) is 13.4. The van der Waals surface area contributed by atoms with Gasteiger partial charge in [-0.3, -0.25) is 9.69 Å². The number of rotatable bonds is 8. The van der Waals surface area contributed by atoms with E-state index in [9.17, 15) is 9.90 Å². The molecular formula is C31H35FN2O4. The molecule has 2 aromatic carbocycles. The lowest BCUT2D eigenvalue weighted by atomic mass is 9.87. The highest BCUT2D eigenvalue weighted by atomic mass is 19.1. The Hall–Kier alpha value is -3.45. The maximum atomic E-state index is 15.8. The van der Waals surface area contributed by atoms with Gasteiger partial charge in [0.25, 0.3) is 0 Å². The molecule has 1 saturated heterocycles. The molecule has 1 unspecified atom stereocenters. The van der Waals surface area contributed by atoms with Crippen LogP contribution in [0.25, 0.3) is 11.1 Å². The SMILES string of the molecule is COc1cc(-c2cc(F)c(C3CCc4ccc([C@H](C)[C@H](C)C(=O)O)cc4O3)cc2CN2CCCC2)ccn1. The number of benzene rings is 2. The van der Waals surface area contributed by atoms with Gasteiger partial charge in [-0.25, -0.2) is 9.37 Å². The summed E-state index contributed by atoms with van der Waals surface area (Å²) in [4.78, 5) is 18.1. The molecular weight excluding hydrogens is 483 g/mol. The predicted molar refractivity (Wildman–Crippen MR) is 144 cm³/mol. The molecule has 2 aliphatic heterocycles. The van der Waals surface area contributed by atoms with E-state index < -0.39 is 18.0 Å². The number of hydrogen-bond acceptors (Lipinski definition) is 5. The van der Waals surface area contributed by atoms with Gasteiger partial charge in [0.15, 0.2) is 0 Å². The lowest BCUT2D eigenvalue weighted by Gasteiger charge is -2.29. The van der Waals surface area contributed by atoms with Crippen LogP contribution in [0.2, 0.25) is 0 Å². The topological polar surface area (TPSA) is 71.9 Å². The Kier molecular flexibility index (Phi) is 7.65. The largest absolute Gasteiger partial charge is 0.485 e. The molecule has 5 rings (SSSR count). The van der Waals surface area contributed by atoms with Crippen LogP contribution >= 0.6 is 0 Å². The Bertz CT molecular complexity index is 1320. The van der Waals surface area contributed by atoms with Crippen molar-refractivity contribution < 1.29 is 23.8 Å².